The molecule has 0 amide bonds. The van der Waals surface area contributed by atoms with Gasteiger partial charge in [-0.1, -0.05) is 22.0 Å². The Balaban J connectivity index is 2.31. The van der Waals surface area contributed by atoms with E-state index in [1.807, 2.05) is 12.1 Å². The summed E-state index contributed by atoms with van der Waals surface area (Å²) >= 11 is 2.54. The van der Waals surface area contributed by atoms with Crippen LogP contribution in [0.25, 0.3) is 0 Å². The van der Waals surface area contributed by atoms with Crippen molar-refractivity contribution < 1.29 is 4.55 Å². The molecule has 16 heavy (non-hydrogen) atoms. The summed E-state index contributed by atoms with van der Waals surface area (Å²) in [4.78, 5) is 0.987. The lowest BCUT2D eigenvalue weighted by atomic mass is 9.90. The Morgan fingerprint density at radius 3 is 2.69 bits per heavy atom. The zero-order valence-electron chi connectivity index (χ0n) is 9.33. The molecule has 2 nitrogen and oxygen atoms in total. The van der Waals surface area contributed by atoms with E-state index in [0.717, 1.165) is 35.3 Å². The molecule has 4 heteroatoms. The van der Waals surface area contributed by atoms with E-state index in [9.17, 15) is 4.55 Å². The smallest absolute Gasteiger partial charge is 0.157 e. The summed E-state index contributed by atoms with van der Waals surface area (Å²) in [6.45, 7) is 2.13. The fourth-order valence-corrected chi connectivity index (χ4v) is 3.60. The van der Waals surface area contributed by atoms with Crippen molar-refractivity contribution in [2.24, 2.45) is 0 Å². The van der Waals surface area contributed by atoms with Crippen molar-refractivity contribution in [1.29, 1.82) is 0 Å². The maximum absolute atomic E-state index is 11.7. The average molecular weight is 302 g/mol. The summed E-state index contributed by atoms with van der Waals surface area (Å²) in [6.07, 6.45) is 4.05. The normalized spacial score (nSPS) is 19.7. The molecule has 1 aliphatic rings. The van der Waals surface area contributed by atoms with Gasteiger partial charge >= 0.3 is 0 Å². The van der Waals surface area contributed by atoms with E-state index in [1.54, 1.807) is 6.26 Å². The Morgan fingerprint density at radius 2 is 2.06 bits per heavy atom. The molecular weight excluding hydrogens is 286 g/mol. The van der Waals surface area contributed by atoms with Crippen LogP contribution in [0.2, 0.25) is 0 Å². The van der Waals surface area contributed by atoms with Gasteiger partial charge in [-0.3, -0.25) is 0 Å². The molecule has 1 atom stereocenters. The van der Waals surface area contributed by atoms with Gasteiger partial charge in [0.2, 0.25) is 0 Å². The molecule has 1 fully saturated rings. The van der Waals surface area contributed by atoms with Gasteiger partial charge in [0.1, 0.15) is 6.26 Å². The molecule has 0 saturated carbocycles. The number of rotatable bonds is 2. The lowest BCUT2D eigenvalue weighted by Gasteiger charge is -2.24. The van der Waals surface area contributed by atoms with Crippen molar-refractivity contribution in [1.82, 2.24) is 5.32 Å². The Morgan fingerprint density at radius 1 is 1.38 bits per heavy atom. The highest BCUT2D eigenvalue weighted by atomic mass is 79.9. The van der Waals surface area contributed by atoms with E-state index in [2.05, 4.69) is 27.3 Å². The minimum Gasteiger partial charge on any atom is -0.612 e. The summed E-state index contributed by atoms with van der Waals surface area (Å²) in [5, 5.41) is 3.36. The van der Waals surface area contributed by atoms with E-state index >= 15 is 0 Å². The molecule has 1 saturated heterocycles. The minimum atomic E-state index is -0.903. The van der Waals surface area contributed by atoms with Gasteiger partial charge in [-0.25, -0.2) is 0 Å². The van der Waals surface area contributed by atoms with Crippen molar-refractivity contribution in [3.05, 3.63) is 28.2 Å². The number of halogens is 1. The molecule has 0 spiro atoms. The highest BCUT2D eigenvalue weighted by molar-refractivity contribution is 9.10. The second kappa shape index (κ2) is 5.54. The third-order valence-corrected chi connectivity index (χ3v) is 4.53. The lowest BCUT2D eigenvalue weighted by molar-refractivity contribution is 0.455. The fraction of sp³-hybridized carbons (Fsp3) is 0.500. The first-order valence-corrected chi connectivity index (χ1v) is 7.87. The quantitative estimate of drug-likeness (QED) is 0.852. The first-order valence-electron chi connectivity index (χ1n) is 5.52. The maximum Gasteiger partial charge on any atom is 0.157 e. The zero-order chi connectivity index (χ0) is 11.5. The molecule has 0 radical (unpaired) electrons. The van der Waals surface area contributed by atoms with Gasteiger partial charge in [-0.2, -0.15) is 0 Å². The molecule has 1 N–H and O–H groups in total. The molecule has 0 bridgehead atoms. The summed E-state index contributed by atoms with van der Waals surface area (Å²) in [5.41, 5.74) is 1.27. The van der Waals surface area contributed by atoms with E-state index in [1.165, 1.54) is 5.56 Å². The third-order valence-electron chi connectivity index (χ3n) is 3.06. The molecule has 1 heterocycles. The van der Waals surface area contributed by atoms with E-state index in [-0.39, 0.29) is 0 Å². The minimum absolute atomic E-state index is 0.563. The first kappa shape index (κ1) is 12.4. The van der Waals surface area contributed by atoms with Crippen molar-refractivity contribution in [2.75, 3.05) is 19.3 Å². The zero-order valence-corrected chi connectivity index (χ0v) is 11.7. The first-order chi connectivity index (χ1) is 7.68. The molecule has 0 aliphatic carbocycles. The molecule has 1 aromatic carbocycles. The van der Waals surface area contributed by atoms with Gasteiger partial charge in [0.15, 0.2) is 4.90 Å². The van der Waals surface area contributed by atoms with Crippen molar-refractivity contribution in [2.45, 2.75) is 23.7 Å². The van der Waals surface area contributed by atoms with Crippen LogP contribution in [0.4, 0.5) is 0 Å². The Labute approximate surface area is 108 Å². The highest BCUT2D eigenvalue weighted by Crippen LogP contribution is 2.32. The maximum atomic E-state index is 11.7. The number of benzene rings is 1. The predicted octanol–water partition coefficient (Wildman–Crippen LogP) is 2.65. The number of hydrogen-bond donors (Lipinski definition) is 1. The van der Waals surface area contributed by atoms with Crippen LogP contribution in [0, 0.1) is 0 Å². The predicted molar refractivity (Wildman–Crippen MR) is 71.3 cm³/mol. The van der Waals surface area contributed by atoms with Crippen LogP contribution in [-0.4, -0.2) is 23.9 Å². The van der Waals surface area contributed by atoms with Crippen molar-refractivity contribution in [3.63, 3.8) is 0 Å². The van der Waals surface area contributed by atoms with Crippen LogP contribution in [0.15, 0.2) is 27.6 Å². The van der Waals surface area contributed by atoms with Gasteiger partial charge in [-0.05, 0) is 49.1 Å². The van der Waals surface area contributed by atoms with Crippen LogP contribution < -0.4 is 5.32 Å². The fourth-order valence-electron chi connectivity index (χ4n) is 2.23. The average Bonchev–Trinajstić information content (AvgIpc) is 2.30. The van der Waals surface area contributed by atoms with Crippen LogP contribution in [0.1, 0.15) is 24.3 Å². The Kier molecular flexibility index (Phi) is 4.30. The topological polar surface area (TPSA) is 35.1 Å². The van der Waals surface area contributed by atoms with Gasteiger partial charge in [0, 0.05) is 16.1 Å². The van der Waals surface area contributed by atoms with Gasteiger partial charge in [0.05, 0.1) is 0 Å². The summed E-state index contributed by atoms with van der Waals surface area (Å²) in [5.74, 6) is 0.563. The monoisotopic (exact) mass is 301 g/mol. The highest BCUT2D eigenvalue weighted by Gasteiger charge is 2.22. The molecule has 88 valence electrons. The summed E-state index contributed by atoms with van der Waals surface area (Å²) in [6, 6.07) is 6.16. The van der Waals surface area contributed by atoms with Gasteiger partial charge in [0.25, 0.3) is 0 Å². The van der Waals surface area contributed by atoms with Gasteiger partial charge in [-0.15, -0.1) is 0 Å². The van der Waals surface area contributed by atoms with Crippen molar-refractivity contribution >= 4 is 27.1 Å². The van der Waals surface area contributed by atoms with Crippen LogP contribution in [0.3, 0.4) is 0 Å². The van der Waals surface area contributed by atoms with E-state index in [0.29, 0.717) is 5.92 Å². The largest absolute Gasteiger partial charge is 0.612 e. The van der Waals surface area contributed by atoms with E-state index in [4.69, 9.17) is 0 Å². The second-order valence-corrected chi connectivity index (χ2v) is 6.42. The second-order valence-electron chi connectivity index (χ2n) is 4.16. The lowest BCUT2D eigenvalue weighted by Crippen LogP contribution is -2.27. The molecule has 2 rings (SSSR count). The molecule has 1 aromatic rings. The van der Waals surface area contributed by atoms with Gasteiger partial charge < -0.3 is 9.87 Å². The molecular formula is C12H16BrNOS. The number of piperidine rings is 1. The van der Waals surface area contributed by atoms with E-state index < -0.39 is 11.2 Å². The molecule has 1 unspecified atom stereocenters. The third kappa shape index (κ3) is 2.80. The van der Waals surface area contributed by atoms with Crippen molar-refractivity contribution in [3.8, 4) is 0 Å². The standard InChI is InChI=1S/C12H16BrNOS/c1-16(15)12-8-10(13)2-3-11(12)9-4-6-14-7-5-9/h2-3,8-9,14H,4-7H2,1H3. The van der Waals surface area contributed by atoms with Crippen LogP contribution >= 0.6 is 15.9 Å². The summed E-state index contributed by atoms with van der Waals surface area (Å²) < 4.78 is 12.7. The van der Waals surface area contributed by atoms with Crippen LogP contribution in [-0.2, 0) is 11.2 Å². The molecule has 1 aliphatic heterocycles. The summed E-state index contributed by atoms with van der Waals surface area (Å²) in [7, 11) is 0. The number of nitrogens with one attached hydrogen (secondary N) is 1. The SMILES string of the molecule is C[S+]([O-])c1cc(Br)ccc1C1CCNCC1. The molecule has 0 aromatic heterocycles. The number of hydrogen-bond acceptors (Lipinski definition) is 2. The Bertz CT molecular complexity index is 364. The Hall–Kier alpha value is -0.0300. The van der Waals surface area contributed by atoms with Crippen LogP contribution in [0.5, 0.6) is 0 Å².